The SMILES string of the molecule is Cc1nc(CBr)c(C=O)cc1C(F)F. The standard InChI is InChI=1S/C9H8BrF2NO/c1-5-7(9(11)12)2-6(4-14)8(3-10)13-5/h2,4,9H,3H2,1H3. The van der Waals surface area contributed by atoms with Crippen molar-refractivity contribution < 1.29 is 13.6 Å². The summed E-state index contributed by atoms with van der Waals surface area (Å²) in [6.07, 6.45) is -2.06. The van der Waals surface area contributed by atoms with Crippen molar-refractivity contribution in [3.63, 3.8) is 0 Å². The first-order valence-corrected chi connectivity index (χ1v) is 5.02. The van der Waals surface area contributed by atoms with Gasteiger partial charge in [0.1, 0.15) is 0 Å². The lowest BCUT2D eigenvalue weighted by molar-refractivity contribution is 0.112. The van der Waals surface area contributed by atoms with E-state index in [4.69, 9.17) is 0 Å². The van der Waals surface area contributed by atoms with Crippen LogP contribution in [-0.4, -0.2) is 11.3 Å². The number of nitrogens with zero attached hydrogens (tertiary/aromatic N) is 1. The minimum atomic E-state index is -2.59. The van der Waals surface area contributed by atoms with Gasteiger partial charge in [0.15, 0.2) is 6.29 Å². The Balaban J connectivity index is 3.30. The molecule has 0 radical (unpaired) electrons. The predicted octanol–water partition coefficient (Wildman–Crippen LogP) is 3.04. The van der Waals surface area contributed by atoms with Gasteiger partial charge in [0, 0.05) is 22.2 Å². The molecule has 1 heterocycles. The number of hydrogen-bond donors (Lipinski definition) is 0. The summed E-state index contributed by atoms with van der Waals surface area (Å²) in [5.41, 5.74) is 0.779. The summed E-state index contributed by atoms with van der Waals surface area (Å²) in [7, 11) is 0. The van der Waals surface area contributed by atoms with Crippen LogP contribution in [-0.2, 0) is 5.33 Å². The van der Waals surface area contributed by atoms with E-state index in [1.165, 1.54) is 13.0 Å². The maximum atomic E-state index is 12.4. The van der Waals surface area contributed by atoms with Crippen molar-refractivity contribution in [2.75, 3.05) is 0 Å². The van der Waals surface area contributed by atoms with Crippen LogP contribution < -0.4 is 0 Å². The Bertz CT molecular complexity index is 355. The zero-order valence-electron chi connectivity index (χ0n) is 7.43. The molecule has 0 atom stereocenters. The Kier molecular flexibility index (Phi) is 3.69. The van der Waals surface area contributed by atoms with Crippen LogP contribution in [0, 0.1) is 6.92 Å². The Hall–Kier alpha value is -0.840. The van der Waals surface area contributed by atoms with Crippen molar-refractivity contribution in [2.24, 2.45) is 0 Å². The van der Waals surface area contributed by atoms with Crippen LogP contribution in [0.15, 0.2) is 6.07 Å². The van der Waals surface area contributed by atoms with Gasteiger partial charge in [0.25, 0.3) is 6.43 Å². The number of aldehydes is 1. The third-order valence-electron chi connectivity index (χ3n) is 1.85. The third-order valence-corrected chi connectivity index (χ3v) is 2.38. The minimum Gasteiger partial charge on any atom is -0.298 e. The van der Waals surface area contributed by atoms with Gasteiger partial charge in [-0.15, -0.1) is 0 Å². The fourth-order valence-corrected chi connectivity index (χ4v) is 1.57. The molecule has 0 aromatic carbocycles. The molecule has 0 aliphatic heterocycles. The van der Waals surface area contributed by atoms with Crippen molar-refractivity contribution in [2.45, 2.75) is 18.7 Å². The number of hydrogen-bond acceptors (Lipinski definition) is 2. The quantitative estimate of drug-likeness (QED) is 0.620. The lowest BCUT2D eigenvalue weighted by Gasteiger charge is -2.07. The molecule has 0 saturated carbocycles. The van der Waals surface area contributed by atoms with E-state index in [0.717, 1.165) is 0 Å². The average Bonchev–Trinajstić information content (AvgIpc) is 2.16. The number of aromatic nitrogens is 1. The van der Waals surface area contributed by atoms with Gasteiger partial charge in [-0.3, -0.25) is 9.78 Å². The molecule has 0 bridgehead atoms. The van der Waals surface area contributed by atoms with Gasteiger partial charge < -0.3 is 0 Å². The van der Waals surface area contributed by atoms with Gasteiger partial charge in [-0.25, -0.2) is 8.78 Å². The summed E-state index contributed by atoms with van der Waals surface area (Å²) >= 11 is 3.14. The fraction of sp³-hybridized carbons (Fsp3) is 0.333. The van der Waals surface area contributed by atoms with Crippen molar-refractivity contribution in [1.29, 1.82) is 0 Å². The van der Waals surface area contributed by atoms with Crippen LogP contribution in [0.25, 0.3) is 0 Å². The molecule has 1 aromatic rings. The summed E-state index contributed by atoms with van der Waals surface area (Å²) in [6, 6.07) is 1.19. The highest BCUT2D eigenvalue weighted by Crippen LogP contribution is 2.23. The molecular weight excluding hydrogens is 256 g/mol. The molecule has 0 aliphatic carbocycles. The van der Waals surface area contributed by atoms with Gasteiger partial charge in [-0.05, 0) is 13.0 Å². The first kappa shape index (κ1) is 11.2. The average molecular weight is 264 g/mol. The van der Waals surface area contributed by atoms with Gasteiger partial charge in [-0.1, -0.05) is 15.9 Å². The maximum absolute atomic E-state index is 12.4. The van der Waals surface area contributed by atoms with Crippen LogP contribution in [0.1, 0.15) is 33.7 Å². The molecule has 0 aliphatic rings. The normalized spacial score (nSPS) is 10.6. The van der Waals surface area contributed by atoms with Crippen molar-refractivity contribution in [3.8, 4) is 0 Å². The van der Waals surface area contributed by atoms with Crippen molar-refractivity contribution in [3.05, 3.63) is 28.6 Å². The minimum absolute atomic E-state index is 0.184. The topological polar surface area (TPSA) is 30.0 Å². The zero-order chi connectivity index (χ0) is 10.7. The lowest BCUT2D eigenvalue weighted by Crippen LogP contribution is -2.01. The van der Waals surface area contributed by atoms with E-state index >= 15 is 0 Å². The molecule has 5 heteroatoms. The second-order valence-corrected chi connectivity index (χ2v) is 3.31. The fourth-order valence-electron chi connectivity index (χ4n) is 1.12. The van der Waals surface area contributed by atoms with Crippen molar-refractivity contribution >= 4 is 22.2 Å². The van der Waals surface area contributed by atoms with E-state index in [9.17, 15) is 13.6 Å². The van der Waals surface area contributed by atoms with Crippen LogP contribution in [0.4, 0.5) is 8.78 Å². The third kappa shape index (κ3) is 2.15. The van der Waals surface area contributed by atoms with E-state index in [0.29, 0.717) is 17.3 Å². The number of carbonyl (C=O) groups excluding carboxylic acids is 1. The summed E-state index contributed by atoms with van der Waals surface area (Å²) < 4.78 is 24.8. The maximum Gasteiger partial charge on any atom is 0.265 e. The zero-order valence-corrected chi connectivity index (χ0v) is 9.01. The highest BCUT2D eigenvalue weighted by atomic mass is 79.9. The van der Waals surface area contributed by atoms with Crippen LogP contribution in [0.2, 0.25) is 0 Å². The molecule has 2 nitrogen and oxygen atoms in total. The number of alkyl halides is 3. The molecular formula is C9H8BrF2NO. The first-order chi connectivity index (χ1) is 6.60. The second kappa shape index (κ2) is 4.59. The second-order valence-electron chi connectivity index (χ2n) is 2.75. The van der Waals surface area contributed by atoms with Crippen molar-refractivity contribution in [1.82, 2.24) is 4.98 Å². The molecule has 0 unspecified atom stereocenters. The highest BCUT2D eigenvalue weighted by Gasteiger charge is 2.14. The number of halogens is 3. The number of aryl methyl sites for hydroxylation is 1. The number of pyridine rings is 1. The largest absolute Gasteiger partial charge is 0.298 e. The molecule has 76 valence electrons. The Morgan fingerprint density at radius 3 is 2.71 bits per heavy atom. The van der Waals surface area contributed by atoms with Crippen LogP contribution in [0.5, 0.6) is 0 Å². The van der Waals surface area contributed by atoms with Crippen LogP contribution in [0.3, 0.4) is 0 Å². The number of carbonyl (C=O) groups is 1. The summed E-state index contributed by atoms with van der Waals surface area (Å²) in [5, 5.41) is 0.380. The van der Waals surface area contributed by atoms with E-state index in [2.05, 4.69) is 20.9 Å². The Labute approximate surface area is 88.5 Å². The van der Waals surface area contributed by atoms with Gasteiger partial charge in [0.2, 0.25) is 0 Å². The first-order valence-electron chi connectivity index (χ1n) is 3.89. The van der Waals surface area contributed by atoms with Gasteiger partial charge >= 0.3 is 0 Å². The molecule has 0 amide bonds. The smallest absolute Gasteiger partial charge is 0.265 e. The Morgan fingerprint density at radius 2 is 2.29 bits per heavy atom. The molecule has 0 N–H and O–H groups in total. The van der Waals surface area contributed by atoms with E-state index in [1.807, 2.05) is 0 Å². The molecule has 0 fully saturated rings. The lowest BCUT2D eigenvalue weighted by atomic mass is 10.1. The highest BCUT2D eigenvalue weighted by molar-refractivity contribution is 9.08. The Morgan fingerprint density at radius 1 is 1.64 bits per heavy atom. The predicted molar refractivity (Wildman–Crippen MR) is 51.9 cm³/mol. The van der Waals surface area contributed by atoms with Gasteiger partial charge in [-0.2, -0.15) is 0 Å². The molecule has 1 aromatic heterocycles. The van der Waals surface area contributed by atoms with Crippen LogP contribution >= 0.6 is 15.9 Å². The van der Waals surface area contributed by atoms with Gasteiger partial charge in [0.05, 0.1) is 5.69 Å². The summed E-state index contributed by atoms with van der Waals surface area (Å²) in [4.78, 5) is 14.5. The monoisotopic (exact) mass is 263 g/mol. The molecule has 0 saturated heterocycles. The molecule has 0 spiro atoms. The van der Waals surface area contributed by atoms with E-state index in [-0.39, 0.29) is 16.8 Å². The van der Waals surface area contributed by atoms with E-state index in [1.54, 1.807) is 0 Å². The molecule has 1 rings (SSSR count). The van der Waals surface area contributed by atoms with E-state index < -0.39 is 6.43 Å². The summed E-state index contributed by atoms with van der Waals surface area (Å²) in [6.45, 7) is 1.50. The molecule has 14 heavy (non-hydrogen) atoms. The number of rotatable bonds is 3. The summed E-state index contributed by atoms with van der Waals surface area (Å²) in [5.74, 6) is 0.